The van der Waals surface area contributed by atoms with Crippen molar-refractivity contribution in [3.8, 4) is 0 Å². The second-order valence-electron chi connectivity index (χ2n) is 7.14. The normalized spacial score (nSPS) is 20.6. The minimum absolute atomic E-state index is 0.0935. The molecule has 17 nitrogen and oxygen atoms in total. The maximum absolute atomic E-state index is 10.5. The molecule has 15 N–H and O–H groups in total. The van der Waals surface area contributed by atoms with Crippen molar-refractivity contribution in [1.29, 1.82) is 0 Å². The third-order valence-electron chi connectivity index (χ3n) is 4.24. The Hall–Kier alpha value is -1.26. The molecule has 0 bridgehead atoms. The third-order valence-corrected chi connectivity index (χ3v) is 4.24. The molecule has 0 aromatic heterocycles. The van der Waals surface area contributed by atoms with Crippen molar-refractivity contribution in [2.45, 2.75) is 74.1 Å². The van der Waals surface area contributed by atoms with E-state index in [1.807, 2.05) is 0 Å². The molecule has 17 heteroatoms. The Labute approximate surface area is 199 Å². The van der Waals surface area contributed by atoms with Gasteiger partial charge in [0.25, 0.3) is 0 Å². The molecule has 0 rings (SSSR count). The van der Waals surface area contributed by atoms with E-state index >= 15 is 0 Å². The first-order chi connectivity index (χ1) is 16.1. The fourth-order valence-corrected chi connectivity index (χ4v) is 1.84. The maximum Gasteiger partial charge on any atom is 0.189 e. The molecule has 0 aromatic carbocycles. The number of ketones is 1. The summed E-state index contributed by atoms with van der Waals surface area (Å²) in [6.07, 6.45) is -17.5. The Balaban J connectivity index is -0.000000439. The lowest BCUT2D eigenvalue weighted by Crippen LogP contribution is -2.46. The highest BCUT2D eigenvalue weighted by Gasteiger charge is 2.30. The Morgan fingerprint density at radius 3 is 1.20 bits per heavy atom. The predicted molar refractivity (Wildman–Crippen MR) is 111 cm³/mol. The molecule has 0 aliphatic rings. The Kier molecular flexibility index (Phi) is 22.8. The van der Waals surface area contributed by atoms with E-state index in [-0.39, 0.29) is 6.29 Å². The van der Waals surface area contributed by atoms with Gasteiger partial charge in [0.1, 0.15) is 67.6 Å². The molecule has 0 fully saturated rings. The lowest BCUT2D eigenvalue weighted by molar-refractivity contribution is -0.142. The second-order valence-corrected chi connectivity index (χ2v) is 7.14. The zero-order valence-corrected chi connectivity index (χ0v) is 18.8. The summed E-state index contributed by atoms with van der Waals surface area (Å²) in [4.78, 5) is 20.4. The number of hydrogen-bond donors (Lipinski definition) is 15. The van der Waals surface area contributed by atoms with Crippen molar-refractivity contribution in [2.24, 2.45) is 0 Å². The van der Waals surface area contributed by atoms with Crippen molar-refractivity contribution >= 4 is 12.1 Å². The highest BCUT2D eigenvalue weighted by molar-refractivity contribution is 5.84. The van der Waals surface area contributed by atoms with E-state index < -0.39 is 99.4 Å². The summed E-state index contributed by atoms with van der Waals surface area (Å²) in [7, 11) is 0. The van der Waals surface area contributed by atoms with Crippen molar-refractivity contribution in [2.75, 3.05) is 26.4 Å². The molecule has 212 valence electrons. The molecule has 0 aliphatic heterocycles. The summed E-state index contributed by atoms with van der Waals surface area (Å²) in [5.74, 6) is -1.00. The largest absolute Gasteiger partial charge is 0.394 e. The van der Waals surface area contributed by atoms with Gasteiger partial charge in [0, 0.05) is 0 Å². The second kappa shape index (κ2) is 20.9. The van der Waals surface area contributed by atoms with Gasteiger partial charge in [-0.1, -0.05) is 0 Å². The van der Waals surface area contributed by atoms with Crippen LogP contribution >= 0.6 is 0 Å². The fourth-order valence-electron chi connectivity index (χ4n) is 1.84. The quantitative estimate of drug-likeness (QED) is 0.0933. The molecule has 0 aliphatic carbocycles. The number of carbonyl (C=O) groups excluding carboxylic acids is 2. The predicted octanol–water partition coefficient (Wildman–Crippen LogP) is -9.31. The van der Waals surface area contributed by atoms with Crippen molar-refractivity contribution in [3.63, 3.8) is 0 Å². The van der Waals surface area contributed by atoms with Gasteiger partial charge in [-0.3, -0.25) is 4.79 Å². The first kappa shape index (κ1) is 38.3. The standard InChI is InChI=1S/C6H14O6.C6H12O6.C6H12O5/c2*7-1-3(9)5(11)6(12)4(10)2-8;1-3(8)5(10)6(11)4(9)2-7/h3-12H,1-2H2;3,5-9,11-12H,1-2H2;2-6,8-11H,1H3. The molecule has 11 atom stereocenters. The zero-order valence-electron chi connectivity index (χ0n) is 18.8. The van der Waals surface area contributed by atoms with Gasteiger partial charge in [0.15, 0.2) is 12.1 Å². The summed E-state index contributed by atoms with van der Waals surface area (Å²) >= 11 is 0. The molecule has 0 aromatic rings. The van der Waals surface area contributed by atoms with Crippen LogP contribution in [0.25, 0.3) is 0 Å². The minimum atomic E-state index is -1.86. The zero-order chi connectivity index (χ0) is 28.5. The SMILES string of the molecule is CC(O)C(O)C(O)C(O)C=O.O=C(CO)C(O)C(O)C(O)CO.OCC(O)C(O)C(O)C(O)CO. The van der Waals surface area contributed by atoms with Gasteiger partial charge < -0.3 is 81.4 Å². The van der Waals surface area contributed by atoms with Crippen molar-refractivity contribution in [1.82, 2.24) is 0 Å². The van der Waals surface area contributed by atoms with Crippen LogP contribution in [-0.4, -0.2) is 182 Å². The van der Waals surface area contributed by atoms with Crippen LogP contribution < -0.4 is 0 Å². The molecule has 0 saturated heterocycles. The van der Waals surface area contributed by atoms with E-state index in [0.717, 1.165) is 0 Å². The van der Waals surface area contributed by atoms with Crippen LogP contribution in [0.3, 0.4) is 0 Å². The van der Waals surface area contributed by atoms with Gasteiger partial charge in [-0.2, -0.15) is 0 Å². The molecule has 0 radical (unpaired) electrons. The van der Waals surface area contributed by atoms with Gasteiger partial charge in [0.05, 0.1) is 25.9 Å². The number of aliphatic hydroxyl groups is 15. The number of rotatable bonds is 14. The first-order valence-corrected chi connectivity index (χ1v) is 9.99. The monoisotopic (exact) mass is 526 g/mol. The van der Waals surface area contributed by atoms with E-state index in [4.69, 9.17) is 76.6 Å². The molecule has 0 saturated carbocycles. The molecule has 35 heavy (non-hydrogen) atoms. The van der Waals surface area contributed by atoms with Crippen LogP contribution in [-0.2, 0) is 9.59 Å². The van der Waals surface area contributed by atoms with Gasteiger partial charge in [-0.05, 0) is 6.92 Å². The van der Waals surface area contributed by atoms with E-state index in [1.165, 1.54) is 6.92 Å². The van der Waals surface area contributed by atoms with Gasteiger partial charge >= 0.3 is 0 Å². The summed E-state index contributed by atoms with van der Waals surface area (Å²) in [5, 5.41) is 130. The van der Waals surface area contributed by atoms with E-state index in [1.54, 1.807) is 0 Å². The lowest BCUT2D eigenvalue weighted by Gasteiger charge is -2.24. The Bertz CT molecular complexity index is 521. The average Bonchev–Trinajstić information content (AvgIpc) is 2.88. The molecular weight excluding hydrogens is 488 g/mol. The highest BCUT2D eigenvalue weighted by Crippen LogP contribution is 2.04. The van der Waals surface area contributed by atoms with Gasteiger partial charge in [-0.25, -0.2) is 0 Å². The summed E-state index contributed by atoms with van der Waals surface area (Å²) in [6, 6.07) is 0. The topological polar surface area (TPSA) is 338 Å². The number of hydrogen-bond acceptors (Lipinski definition) is 17. The van der Waals surface area contributed by atoms with E-state index in [2.05, 4.69) is 0 Å². The summed E-state index contributed by atoms with van der Waals surface area (Å²) < 4.78 is 0. The van der Waals surface area contributed by atoms with Crippen molar-refractivity contribution in [3.05, 3.63) is 0 Å². The summed E-state index contributed by atoms with van der Waals surface area (Å²) in [6.45, 7) is -1.90. The molecular formula is C18H38O17. The van der Waals surface area contributed by atoms with Crippen LogP contribution in [0.4, 0.5) is 0 Å². The molecule has 0 amide bonds. The average molecular weight is 526 g/mol. The van der Waals surface area contributed by atoms with Gasteiger partial charge in [-0.15, -0.1) is 0 Å². The van der Waals surface area contributed by atoms with Crippen LogP contribution in [0.2, 0.25) is 0 Å². The van der Waals surface area contributed by atoms with Gasteiger partial charge in [0.2, 0.25) is 0 Å². The Morgan fingerprint density at radius 1 is 0.600 bits per heavy atom. The molecule has 0 spiro atoms. The van der Waals surface area contributed by atoms with E-state index in [0.29, 0.717) is 0 Å². The van der Waals surface area contributed by atoms with Crippen molar-refractivity contribution < 1.29 is 86.2 Å². The number of Topliss-reactive ketones (excluding diaryl/α,β-unsaturated/α-hetero) is 1. The highest BCUT2D eigenvalue weighted by atomic mass is 16.4. The van der Waals surface area contributed by atoms with Crippen LogP contribution in [0, 0.1) is 0 Å². The third kappa shape index (κ3) is 15.5. The minimum Gasteiger partial charge on any atom is -0.394 e. The summed E-state index contributed by atoms with van der Waals surface area (Å²) in [5.41, 5.74) is 0. The number of aliphatic hydroxyl groups excluding tert-OH is 15. The number of aldehydes is 1. The fraction of sp³-hybridized carbons (Fsp3) is 0.889. The van der Waals surface area contributed by atoms with Crippen LogP contribution in [0.5, 0.6) is 0 Å². The van der Waals surface area contributed by atoms with Crippen LogP contribution in [0.1, 0.15) is 6.92 Å². The molecule has 11 unspecified atom stereocenters. The lowest BCUT2D eigenvalue weighted by atomic mass is 10.0. The Morgan fingerprint density at radius 2 is 0.943 bits per heavy atom. The maximum atomic E-state index is 10.5. The smallest absolute Gasteiger partial charge is 0.189 e. The van der Waals surface area contributed by atoms with Crippen LogP contribution in [0.15, 0.2) is 0 Å². The first-order valence-electron chi connectivity index (χ1n) is 9.99. The van der Waals surface area contributed by atoms with E-state index in [9.17, 15) is 9.59 Å². The molecule has 0 heterocycles. The number of carbonyl (C=O) groups is 2.